The van der Waals surface area contributed by atoms with Gasteiger partial charge in [0.25, 0.3) is 0 Å². The second-order valence-electron chi connectivity index (χ2n) is 5.48. The Bertz CT molecular complexity index is 402. The summed E-state index contributed by atoms with van der Waals surface area (Å²) in [5, 5.41) is 0. The maximum absolute atomic E-state index is 10.6. The fraction of sp³-hybridized carbons (Fsp3) is 0.588. The van der Waals surface area contributed by atoms with Gasteiger partial charge in [0.05, 0.1) is 6.61 Å². The van der Waals surface area contributed by atoms with Crippen LogP contribution in [-0.2, 0) is 0 Å². The Hall–Kier alpha value is -1.35. The fourth-order valence-corrected chi connectivity index (χ4v) is 2.92. The molecular formula is C17H25NO2. The van der Waals surface area contributed by atoms with E-state index in [0.717, 1.165) is 37.6 Å². The lowest BCUT2D eigenvalue weighted by atomic mass is 10.00. The van der Waals surface area contributed by atoms with E-state index in [4.69, 9.17) is 4.74 Å². The van der Waals surface area contributed by atoms with Gasteiger partial charge in [-0.15, -0.1) is 0 Å². The molecule has 1 aromatic rings. The number of carbonyl (C=O) groups is 1. The van der Waals surface area contributed by atoms with Crippen molar-refractivity contribution in [2.24, 2.45) is 0 Å². The molecule has 0 aromatic heterocycles. The molecule has 1 aliphatic heterocycles. The van der Waals surface area contributed by atoms with E-state index in [1.54, 1.807) is 12.1 Å². The summed E-state index contributed by atoms with van der Waals surface area (Å²) in [7, 11) is 0. The molecule has 0 spiro atoms. The van der Waals surface area contributed by atoms with Gasteiger partial charge in [-0.1, -0.05) is 13.3 Å². The number of benzene rings is 1. The predicted octanol–water partition coefficient (Wildman–Crippen LogP) is 3.53. The highest BCUT2D eigenvalue weighted by Gasteiger charge is 2.19. The van der Waals surface area contributed by atoms with Crippen molar-refractivity contribution in [2.75, 3.05) is 19.7 Å². The molecule has 110 valence electrons. The molecule has 0 aliphatic carbocycles. The van der Waals surface area contributed by atoms with Gasteiger partial charge in [-0.05, 0) is 56.5 Å². The summed E-state index contributed by atoms with van der Waals surface area (Å²) in [6, 6.07) is 8.08. The Morgan fingerprint density at radius 1 is 1.30 bits per heavy atom. The van der Waals surface area contributed by atoms with Gasteiger partial charge in [-0.25, -0.2) is 0 Å². The number of likely N-dealkylation sites (tertiary alicyclic amines) is 1. The van der Waals surface area contributed by atoms with Crippen LogP contribution in [0.2, 0.25) is 0 Å². The number of aldehydes is 1. The molecule has 0 N–H and O–H groups in total. The van der Waals surface area contributed by atoms with Crippen LogP contribution in [0, 0.1) is 0 Å². The summed E-state index contributed by atoms with van der Waals surface area (Å²) in [4.78, 5) is 13.2. The van der Waals surface area contributed by atoms with Gasteiger partial charge in [0, 0.05) is 18.2 Å². The van der Waals surface area contributed by atoms with E-state index in [2.05, 4.69) is 11.8 Å². The van der Waals surface area contributed by atoms with Crippen LogP contribution in [0.4, 0.5) is 0 Å². The van der Waals surface area contributed by atoms with E-state index in [1.807, 2.05) is 12.1 Å². The largest absolute Gasteiger partial charge is 0.494 e. The standard InChI is InChI=1S/C17H25NO2/c1-2-16-6-3-4-11-18(16)12-5-13-20-17-9-7-15(14-19)8-10-17/h7-10,14,16H,2-6,11-13H2,1H3. The highest BCUT2D eigenvalue weighted by molar-refractivity contribution is 5.74. The van der Waals surface area contributed by atoms with Crippen LogP contribution in [0.25, 0.3) is 0 Å². The summed E-state index contributed by atoms with van der Waals surface area (Å²) in [6.07, 6.45) is 7.24. The van der Waals surface area contributed by atoms with Crippen LogP contribution >= 0.6 is 0 Å². The molecule has 1 aromatic carbocycles. The zero-order chi connectivity index (χ0) is 14.2. The summed E-state index contributed by atoms with van der Waals surface area (Å²) in [6.45, 7) is 5.40. The normalized spacial score (nSPS) is 19.8. The topological polar surface area (TPSA) is 29.5 Å². The Kier molecular flexibility index (Phi) is 6.06. The van der Waals surface area contributed by atoms with Gasteiger partial charge in [-0.3, -0.25) is 4.79 Å². The first-order valence-electron chi connectivity index (χ1n) is 7.75. The van der Waals surface area contributed by atoms with Gasteiger partial charge >= 0.3 is 0 Å². The number of rotatable bonds is 7. The minimum absolute atomic E-state index is 0.691. The maximum atomic E-state index is 10.6. The van der Waals surface area contributed by atoms with E-state index < -0.39 is 0 Å². The Morgan fingerprint density at radius 3 is 2.80 bits per heavy atom. The van der Waals surface area contributed by atoms with E-state index >= 15 is 0 Å². The van der Waals surface area contributed by atoms with Crippen LogP contribution < -0.4 is 4.74 Å². The molecular weight excluding hydrogens is 250 g/mol. The first kappa shape index (κ1) is 15.0. The molecule has 0 bridgehead atoms. The van der Waals surface area contributed by atoms with Crippen molar-refractivity contribution in [1.29, 1.82) is 0 Å². The summed E-state index contributed by atoms with van der Waals surface area (Å²) < 4.78 is 5.72. The van der Waals surface area contributed by atoms with Crippen LogP contribution in [0.5, 0.6) is 5.75 Å². The third kappa shape index (κ3) is 4.34. The molecule has 1 heterocycles. The van der Waals surface area contributed by atoms with Gasteiger partial charge in [0.2, 0.25) is 0 Å². The number of hydrogen-bond donors (Lipinski definition) is 0. The summed E-state index contributed by atoms with van der Waals surface area (Å²) in [5.74, 6) is 0.848. The van der Waals surface area contributed by atoms with E-state index in [1.165, 1.54) is 32.2 Å². The molecule has 1 fully saturated rings. The van der Waals surface area contributed by atoms with Crippen molar-refractivity contribution in [2.45, 2.75) is 45.1 Å². The van der Waals surface area contributed by atoms with Crippen molar-refractivity contribution in [3.05, 3.63) is 29.8 Å². The number of carbonyl (C=O) groups excluding carboxylic acids is 1. The number of hydrogen-bond acceptors (Lipinski definition) is 3. The second-order valence-corrected chi connectivity index (χ2v) is 5.48. The summed E-state index contributed by atoms with van der Waals surface area (Å²) >= 11 is 0. The fourth-order valence-electron chi connectivity index (χ4n) is 2.92. The third-order valence-corrected chi connectivity index (χ3v) is 4.09. The molecule has 2 rings (SSSR count). The quantitative estimate of drug-likeness (QED) is 0.563. The van der Waals surface area contributed by atoms with Gasteiger partial charge < -0.3 is 9.64 Å². The van der Waals surface area contributed by atoms with Crippen molar-refractivity contribution in [3.63, 3.8) is 0 Å². The van der Waals surface area contributed by atoms with Crippen molar-refractivity contribution in [1.82, 2.24) is 4.90 Å². The lowest BCUT2D eigenvalue weighted by Gasteiger charge is -2.35. The van der Waals surface area contributed by atoms with E-state index in [-0.39, 0.29) is 0 Å². The lowest BCUT2D eigenvalue weighted by Crippen LogP contribution is -2.40. The predicted molar refractivity (Wildman–Crippen MR) is 81.4 cm³/mol. The Labute approximate surface area is 121 Å². The van der Waals surface area contributed by atoms with Crippen molar-refractivity contribution in [3.8, 4) is 5.75 Å². The average molecular weight is 275 g/mol. The molecule has 1 aliphatic rings. The minimum atomic E-state index is 0.691. The number of ether oxygens (including phenoxy) is 1. The molecule has 20 heavy (non-hydrogen) atoms. The highest BCUT2D eigenvalue weighted by Crippen LogP contribution is 2.19. The van der Waals surface area contributed by atoms with Gasteiger partial charge in [-0.2, -0.15) is 0 Å². The molecule has 3 heteroatoms. The second kappa shape index (κ2) is 8.05. The number of nitrogens with zero attached hydrogens (tertiary/aromatic N) is 1. The molecule has 0 amide bonds. The Morgan fingerprint density at radius 2 is 2.10 bits per heavy atom. The van der Waals surface area contributed by atoms with Gasteiger partial charge in [0.1, 0.15) is 12.0 Å². The van der Waals surface area contributed by atoms with Crippen LogP contribution in [0.15, 0.2) is 24.3 Å². The van der Waals surface area contributed by atoms with Crippen molar-refractivity contribution < 1.29 is 9.53 Å². The molecule has 0 radical (unpaired) electrons. The molecule has 1 saturated heterocycles. The van der Waals surface area contributed by atoms with Crippen LogP contribution in [0.3, 0.4) is 0 Å². The zero-order valence-electron chi connectivity index (χ0n) is 12.4. The molecule has 3 nitrogen and oxygen atoms in total. The van der Waals surface area contributed by atoms with Crippen molar-refractivity contribution >= 4 is 6.29 Å². The highest BCUT2D eigenvalue weighted by atomic mass is 16.5. The average Bonchev–Trinajstić information content (AvgIpc) is 2.52. The summed E-state index contributed by atoms with van der Waals surface area (Å²) in [5.41, 5.74) is 0.691. The first-order chi connectivity index (χ1) is 9.83. The van der Waals surface area contributed by atoms with Crippen LogP contribution in [-0.4, -0.2) is 36.9 Å². The molecule has 0 saturated carbocycles. The minimum Gasteiger partial charge on any atom is -0.494 e. The van der Waals surface area contributed by atoms with Gasteiger partial charge in [0.15, 0.2) is 0 Å². The first-order valence-corrected chi connectivity index (χ1v) is 7.75. The van der Waals surface area contributed by atoms with E-state index in [9.17, 15) is 4.79 Å². The smallest absolute Gasteiger partial charge is 0.150 e. The zero-order valence-corrected chi connectivity index (χ0v) is 12.4. The molecule has 1 atom stereocenters. The Balaban J connectivity index is 1.68. The van der Waals surface area contributed by atoms with E-state index in [0.29, 0.717) is 5.56 Å². The van der Waals surface area contributed by atoms with Crippen LogP contribution in [0.1, 0.15) is 49.4 Å². The SMILES string of the molecule is CCC1CCCCN1CCCOc1ccc(C=O)cc1. The molecule has 1 unspecified atom stereocenters. The lowest BCUT2D eigenvalue weighted by molar-refractivity contribution is 0.112. The third-order valence-electron chi connectivity index (χ3n) is 4.09. The maximum Gasteiger partial charge on any atom is 0.150 e. The number of piperidine rings is 1. The monoisotopic (exact) mass is 275 g/mol.